The minimum atomic E-state index is -0.0964. The standard InChI is InChI=1S/C23H21N3O2/c1-28-19-10-11-21-20(13-19)23(27)26(15-17-7-5-6-16(12-17)14-24)22(25-21)18-8-3-2-4-9-18/h2-13H,14-15,24H2,1H3. The van der Waals surface area contributed by atoms with Crippen molar-refractivity contribution in [1.29, 1.82) is 0 Å². The number of ether oxygens (including phenoxy) is 1. The Balaban J connectivity index is 1.95. The molecule has 0 unspecified atom stereocenters. The van der Waals surface area contributed by atoms with Gasteiger partial charge in [-0.25, -0.2) is 4.98 Å². The molecule has 0 atom stereocenters. The van der Waals surface area contributed by atoms with Crippen LogP contribution in [0.4, 0.5) is 0 Å². The molecule has 0 radical (unpaired) electrons. The minimum absolute atomic E-state index is 0.0964. The molecule has 28 heavy (non-hydrogen) atoms. The molecular weight excluding hydrogens is 350 g/mol. The van der Waals surface area contributed by atoms with Crippen LogP contribution in [0.25, 0.3) is 22.3 Å². The topological polar surface area (TPSA) is 70.1 Å². The predicted octanol–water partition coefficient (Wildman–Crippen LogP) is 3.58. The van der Waals surface area contributed by atoms with Crippen LogP contribution >= 0.6 is 0 Å². The molecule has 1 aromatic heterocycles. The summed E-state index contributed by atoms with van der Waals surface area (Å²) >= 11 is 0. The molecule has 0 saturated carbocycles. The van der Waals surface area contributed by atoms with E-state index in [-0.39, 0.29) is 5.56 Å². The van der Waals surface area contributed by atoms with Crippen molar-refractivity contribution in [3.05, 3.63) is 94.3 Å². The van der Waals surface area contributed by atoms with E-state index in [0.717, 1.165) is 16.7 Å². The van der Waals surface area contributed by atoms with Crippen molar-refractivity contribution >= 4 is 10.9 Å². The second-order valence-electron chi connectivity index (χ2n) is 6.60. The third-order valence-corrected chi connectivity index (χ3v) is 4.76. The highest BCUT2D eigenvalue weighted by Gasteiger charge is 2.14. The van der Waals surface area contributed by atoms with Crippen molar-refractivity contribution in [2.75, 3.05) is 7.11 Å². The summed E-state index contributed by atoms with van der Waals surface area (Å²) in [7, 11) is 1.59. The van der Waals surface area contributed by atoms with Gasteiger partial charge in [-0.05, 0) is 29.3 Å². The van der Waals surface area contributed by atoms with Crippen LogP contribution in [0.2, 0.25) is 0 Å². The van der Waals surface area contributed by atoms with Crippen LogP contribution in [0.5, 0.6) is 5.75 Å². The van der Waals surface area contributed by atoms with Crippen LogP contribution in [0.15, 0.2) is 77.6 Å². The number of benzene rings is 3. The van der Waals surface area contributed by atoms with E-state index in [1.807, 2.05) is 66.7 Å². The molecule has 5 heteroatoms. The Bertz CT molecular complexity index is 1180. The Hall–Kier alpha value is -3.44. The summed E-state index contributed by atoms with van der Waals surface area (Å²) in [6, 6.07) is 23.1. The number of methoxy groups -OCH3 is 1. The molecule has 0 spiro atoms. The van der Waals surface area contributed by atoms with E-state index in [1.165, 1.54) is 0 Å². The van der Waals surface area contributed by atoms with Crippen molar-refractivity contribution in [2.45, 2.75) is 13.1 Å². The van der Waals surface area contributed by atoms with Crippen molar-refractivity contribution in [1.82, 2.24) is 9.55 Å². The molecule has 0 fully saturated rings. The number of fused-ring (bicyclic) bond motifs is 1. The fraction of sp³-hybridized carbons (Fsp3) is 0.130. The van der Waals surface area contributed by atoms with Crippen molar-refractivity contribution in [2.24, 2.45) is 5.73 Å². The normalized spacial score (nSPS) is 10.9. The van der Waals surface area contributed by atoms with Crippen molar-refractivity contribution in [3.63, 3.8) is 0 Å². The molecule has 140 valence electrons. The summed E-state index contributed by atoms with van der Waals surface area (Å²) in [5.41, 5.74) is 9.26. The van der Waals surface area contributed by atoms with Gasteiger partial charge in [-0.1, -0.05) is 54.6 Å². The van der Waals surface area contributed by atoms with E-state index < -0.39 is 0 Å². The Morgan fingerprint density at radius 3 is 2.50 bits per heavy atom. The SMILES string of the molecule is COc1ccc2nc(-c3ccccc3)n(Cc3cccc(CN)c3)c(=O)c2c1. The quantitative estimate of drug-likeness (QED) is 0.582. The lowest BCUT2D eigenvalue weighted by Crippen LogP contribution is -2.24. The molecule has 0 aliphatic carbocycles. The summed E-state index contributed by atoms with van der Waals surface area (Å²) in [4.78, 5) is 18.2. The van der Waals surface area contributed by atoms with Gasteiger partial charge in [0.05, 0.1) is 24.6 Å². The zero-order valence-electron chi connectivity index (χ0n) is 15.6. The Morgan fingerprint density at radius 1 is 0.964 bits per heavy atom. The molecule has 0 saturated heterocycles. The minimum Gasteiger partial charge on any atom is -0.497 e. The van der Waals surface area contributed by atoms with Crippen LogP contribution in [0, 0.1) is 0 Å². The summed E-state index contributed by atoms with van der Waals surface area (Å²) in [6.07, 6.45) is 0. The first-order valence-corrected chi connectivity index (χ1v) is 9.11. The maximum absolute atomic E-state index is 13.4. The van der Waals surface area contributed by atoms with Gasteiger partial charge in [0.2, 0.25) is 0 Å². The Kier molecular flexibility index (Phi) is 4.91. The number of hydrogen-bond donors (Lipinski definition) is 1. The lowest BCUT2D eigenvalue weighted by molar-refractivity contribution is 0.415. The molecule has 0 aliphatic heterocycles. The van der Waals surface area contributed by atoms with Crippen LogP contribution in [-0.4, -0.2) is 16.7 Å². The Labute approximate surface area is 163 Å². The fourth-order valence-corrected chi connectivity index (χ4v) is 3.32. The molecule has 0 aliphatic rings. The van der Waals surface area contributed by atoms with E-state index in [1.54, 1.807) is 17.7 Å². The highest BCUT2D eigenvalue weighted by molar-refractivity contribution is 5.81. The van der Waals surface area contributed by atoms with E-state index in [4.69, 9.17) is 15.5 Å². The smallest absolute Gasteiger partial charge is 0.262 e. The summed E-state index contributed by atoms with van der Waals surface area (Å²) in [5.74, 6) is 1.27. The van der Waals surface area contributed by atoms with Gasteiger partial charge < -0.3 is 10.5 Å². The number of nitrogens with zero attached hydrogens (tertiary/aromatic N) is 2. The molecule has 2 N–H and O–H groups in total. The van der Waals surface area contributed by atoms with Crippen molar-refractivity contribution < 1.29 is 4.74 Å². The zero-order valence-corrected chi connectivity index (χ0v) is 15.6. The second kappa shape index (κ2) is 7.66. The van der Waals surface area contributed by atoms with Gasteiger partial charge in [-0.15, -0.1) is 0 Å². The molecule has 5 nitrogen and oxygen atoms in total. The van der Waals surface area contributed by atoms with E-state index in [2.05, 4.69) is 0 Å². The fourth-order valence-electron chi connectivity index (χ4n) is 3.32. The number of aromatic nitrogens is 2. The molecule has 1 heterocycles. The average molecular weight is 371 g/mol. The lowest BCUT2D eigenvalue weighted by atomic mass is 10.1. The van der Waals surface area contributed by atoms with Gasteiger partial charge in [0.15, 0.2) is 0 Å². The maximum atomic E-state index is 13.4. The lowest BCUT2D eigenvalue weighted by Gasteiger charge is -2.15. The van der Waals surface area contributed by atoms with Crippen LogP contribution in [-0.2, 0) is 13.1 Å². The van der Waals surface area contributed by atoms with Gasteiger partial charge in [-0.3, -0.25) is 9.36 Å². The zero-order chi connectivity index (χ0) is 19.5. The van der Waals surface area contributed by atoms with Crippen molar-refractivity contribution in [3.8, 4) is 17.1 Å². The molecule has 0 bridgehead atoms. The predicted molar refractivity (Wildman–Crippen MR) is 111 cm³/mol. The molecule has 0 amide bonds. The Morgan fingerprint density at radius 2 is 1.75 bits per heavy atom. The number of rotatable bonds is 5. The van der Waals surface area contributed by atoms with Gasteiger partial charge in [-0.2, -0.15) is 0 Å². The average Bonchev–Trinajstić information content (AvgIpc) is 2.76. The first-order valence-electron chi connectivity index (χ1n) is 9.11. The summed E-state index contributed by atoms with van der Waals surface area (Å²) in [6.45, 7) is 0.874. The van der Waals surface area contributed by atoms with E-state index >= 15 is 0 Å². The van der Waals surface area contributed by atoms with Gasteiger partial charge >= 0.3 is 0 Å². The molecule has 3 aromatic carbocycles. The van der Waals surface area contributed by atoms with Crippen LogP contribution in [0.1, 0.15) is 11.1 Å². The monoisotopic (exact) mass is 371 g/mol. The van der Waals surface area contributed by atoms with E-state index in [9.17, 15) is 4.79 Å². The molecule has 4 rings (SSSR count). The number of hydrogen-bond acceptors (Lipinski definition) is 4. The third kappa shape index (κ3) is 3.40. The molecule has 4 aromatic rings. The summed E-state index contributed by atoms with van der Waals surface area (Å²) < 4.78 is 7.01. The second-order valence-corrected chi connectivity index (χ2v) is 6.60. The van der Waals surface area contributed by atoms with Gasteiger partial charge in [0.1, 0.15) is 11.6 Å². The first-order chi connectivity index (χ1) is 13.7. The van der Waals surface area contributed by atoms with Crippen LogP contribution < -0.4 is 16.0 Å². The summed E-state index contributed by atoms with van der Waals surface area (Å²) in [5, 5.41) is 0.536. The largest absolute Gasteiger partial charge is 0.497 e. The third-order valence-electron chi connectivity index (χ3n) is 4.76. The number of nitrogens with two attached hydrogens (primary N) is 1. The van der Waals surface area contributed by atoms with Gasteiger partial charge in [0, 0.05) is 12.1 Å². The van der Waals surface area contributed by atoms with E-state index in [0.29, 0.717) is 35.6 Å². The van der Waals surface area contributed by atoms with Crippen LogP contribution in [0.3, 0.4) is 0 Å². The highest BCUT2D eigenvalue weighted by atomic mass is 16.5. The highest BCUT2D eigenvalue weighted by Crippen LogP contribution is 2.22. The maximum Gasteiger partial charge on any atom is 0.262 e. The van der Waals surface area contributed by atoms with Gasteiger partial charge in [0.25, 0.3) is 5.56 Å². The molecular formula is C23H21N3O2. The first kappa shape index (κ1) is 17.9.